The van der Waals surface area contributed by atoms with Crippen molar-refractivity contribution in [1.29, 1.82) is 0 Å². The van der Waals surface area contributed by atoms with Crippen molar-refractivity contribution in [3.8, 4) is 0 Å². The summed E-state index contributed by atoms with van der Waals surface area (Å²) in [7, 11) is 5.22. The Hall–Kier alpha value is -1.74. The molecule has 1 aliphatic heterocycles. The van der Waals surface area contributed by atoms with Crippen LogP contribution in [-0.4, -0.2) is 17.7 Å². The van der Waals surface area contributed by atoms with E-state index in [-0.39, 0.29) is 15.7 Å². The summed E-state index contributed by atoms with van der Waals surface area (Å²) in [6, 6.07) is 15.2. The van der Waals surface area contributed by atoms with Crippen molar-refractivity contribution < 1.29 is 15.7 Å². The Morgan fingerprint density at radius 3 is 1.33 bits per heavy atom. The molecular formula is C31H40ClN2RuS-2. The first-order valence-electron chi connectivity index (χ1n) is 12.3. The van der Waals surface area contributed by atoms with E-state index in [9.17, 15) is 0 Å². The normalized spacial score (nSPS) is 13.1. The van der Waals surface area contributed by atoms with E-state index in [1.807, 2.05) is 43.6 Å². The van der Waals surface area contributed by atoms with Crippen LogP contribution in [0.15, 0.2) is 47.4 Å². The van der Waals surface area contributed by atoms with Crippen LogP contribution in [-0.2, 0) is 28.3 Å². The van der Waals surface area contributed by atoms with Crippen LogP contribution in [0.2, 0.25) is 0 Å². The second-order valence-electron chi connectivity index (χ2n) is 9.50. The molecule has 2 nitrogen and oxygen atoms in total. The van der Waals surface area contributed by atoms with Crippen molar-refractivity contribution in [1.82, 2.24) is 0 Å². The Bertz CT molecular complexity index is 1070. The zero-order chi connectivity index (χ0) is 27.0. The van der Waals surface area contributed by atoms with Crippen molar-refractivity contribution in [2.24, 2.45) is 0 Å². The van der Waals surface area contributed by atoms with Gasteiger partial charge in [0.05, 0.1) is 0 Å². The molecule has 0 atom stereocenters. The van der Waals surface area contributed by atoms with E-state index >= 15 is 0 Å². The van der Waals surface area contributed by atoms with Gasteiger partial charge in [-0.2, -0.15) is 11.6 Å². The SMILES string of the molecule is C[CH]=[Ru][Cl].Cc1cc(C)c(N2[CH-]N(c3c(C)cc(C)cc3C)CC2)c(C)c1.Cc1cccc(C)c1[S-]. The predicted octanol–water partition coefficient (Wildman–Crippen LogP) is 8.24. The van der Waals surface area contributed by atoms with Gasteiger partial charge in [0.1, 0.15) is 0 Å². The van der Waals surface area contributed by atoms with E-state index in [2.05, 4.69) is 82.3 Å². The number of hydrogen-bond donors (Lipinski definition) is 0. The van der Waals surface area contributed by atoms with Gasteiger partial charge in [-0.05, 0) is 77.6 Å². The van der Waals surface area contributed by atoms with Crippen LogP contribution in [0.1, 0.15) is 51.4 Å². The summed E-state index contributed by atoms with van der Waals surface area (Å²) in [5.74, 6) is 0. The number of rotatable bonds is 2. The zero-order valence-corrected chi connectivity index (χ0v) is 26.5. The third-order valence-corrected chi connectivity index (χ3v) is 8.13. The summed E-state index contributed by atoms with van der Waals surface area (Å²) in [5.41, 5.74) is 13.2. The van der Waals surface area contributed by atoms with Gasteiger partial charge in [-0.15, -0.1) is 0 Å². The minimum atomic E-state index is 0.0867. The molecule has 0 N–H and O–H groups in total. The largest absolute Gasteiger partial charge is 0.779 e. The molecule has 0 unspecified atom stereocenters. The van der Waals surface area contributed by atoms with Crippen LogP contribution < -0.4 is 9.80 Å². The number of aryl methyl sites for hydroxylation is 8. The Morgan fingerprint density at radius 1 is 0.722 bits per heavy atom. The van der Waals surface area contributed by atoms with Crippen LogP contribution >= 0.6 is 9.69 Å². The summed E-state index contributed by atoms with van der Waals surface area (Å²) in [4.78, 5) is 5.81. The smallest absolute Gasteiger partial charge is 0.0146 e. The summed E-state index contributed by atoms with van der Waals surface area (Å²) in [6.45, 7) is 23.6. The molecule has 0 aromatic heterocycles. The average Bonchev–Trinajstić information content (AvgIpc) is 3.25. The molecule has 3 aromatic rings. The molecule has 36 heavy (non-hydrogen) atoms. The molecule has 197 valence electrons. The molecule has 0 bridgehead atoms. The van der Waals surface area contributed by atoms with Crippen molar-refractivity contribution in [2.75, 3.05) is 22.9 Å². The number of hydrogen-bond acceptors (Lipinski definition) is 3. The maximum atomic E-state index is 5.22. The van der Waals surface area contributed by atoms with E-state index in [4.69, 9.17) is 22.3 Å². The molecule has 1 heterocycles. The number of nitrogens with zero attached hydrogens (tertiary/aromatic N) is 2. The molecule has 0 spiro atoms. The number of halogens is 1. The Morgan fingerprint density at radius 2 is 1.06 bits per heavy atom. The molecule has 0 aliphatic carbocycles. The van der Waals surface area contributed by atoms with E-state index in [1.54, 1.807) is 0 Å². The Balaban J connectivity index is 0.000000290. The van der Waals surface area contributed by atoms with E-state index < -0.39 is 0 Å². The first-order chi connectivity index (χ1) is 17.0. The monoisotopic (exact) mass is 609 g/mol. The van der Waals surface area contributed by atoms with E-state index in [1.165, 1.54) is 55.9 Å². The molecule has 4 rings (SSSR count). The van der Waals surface area contributed by atoms with Crippen LogP contribution in [0, 0.1) is 62.1 Å². The second kappa shape index (κ2) is 14.3. The summed E-state index contributed by atoms with van der Waals surface area (Å²) >= 11 is 5.18. The molecule has 0 amide bonds. The minimum absolute atomic E-state index is 0.0867. The quantitative estimate of drug-likeness (QED) is 0.164. The topological polar surface area (TPSA) is 6.48 Å². The van der Waals surface area contributed by atoms with Gasteiger partial charge in [0, 0.05) is 24.5 Å². The van der Waals surface area contributed by atoms with Crippen molar-refractivity contribution in [3.63, 3.8) is 0 Å². The van der Waals surface area contributed by atoms with Gasteiger partial charge >= 0.3 is 36.9 Å². The van der Waals surface area contributed by atoms with Crippen LogP contribution in [0.5, 0.6) is 0 Å². The standard InChI is InChI=1S/C21H27N2.C8H10S.C2H4.ClH.Ru/c1-14-9-16(3)20(17(4)10-14)22-7-8-23(13-22)21-18(5)11-15(2)12-19(21)6;1-6-4-3-5-7(2)8(6)9;1-2;;/h9-13H,7-8H2,1-6H3;3-5,9H,1-2H3;1H,2H3;1H;/q-1;;;;+1/p-2. The molecule has 1 saturated heterocycles. The fourth-order valence-electron chi connectivity index (χ4n) is 4.89. The fraction of sp³-hybridized carbons (Fsp3) is 0.355. The third-order valence-electron chi connectivity index (χ3n) is 6.19. The van der Waals surface area contributed by atoms with Gasteiger partial charge in [-0.25, -0.2) is 0 Å². The van der Waals surface area contributed by atoms with Crippen molar-refractivity contribution in [3.05, 3.63) is 93.6 Å². The Kier molecular flexibility index (Phi) is 12.1. The summed E-state index contributed by atoms with van der Waals surface area (Å²) in [6.07, 6.45) is 0. The zero-order valence-electron chi connectivity index (χ0n) is 23.1. The number of benzene rings is 3. The van der Waals surface area contributed by atoms with Gasteiger partial charge in [0.2, 0.25) is 0 Å². The van der Waals surface area contributed by atoms with Gasteiger partial charge in [-0.3, -0.25) is 0 Å². The van der Waals surface area contributed by atoms with Crippen molar-refractivity contribution in [2.45, 2.75) is 67.2 Å². The minimum Gasteiger partial charge on any atom is -0.779 e. The predicted molar refractivity (Wildman–Crippen MR) is 159 cm³/mol. The molecular weight excluding hydrogens is 569 g/mol. The average molecular weight is 609 g/mol. The van der Waals surface area contributed by atoms with Gasteiger partial charge in [0.15, 0.2) is 0 Å². The van der Waals surface area contributed by atoms with E-state index in [0.29, 0.717) is 0 Å². The second-order valence-corrected chi connectivity index (χ2v) is 12.2. The van der Waals surface area contributed by atoms with Crippen LogP contribution in [0.25, 0.3) is 0 Å². The molecule has 1 aliphatic rings. The summed E-state index contributed by atoms with van der Waals surface area (Å²) in [5, 5.41) is 0. The molecule has 0 saturated carbocycles. The molecule has 5 heteroatoms. The maximum Gasteiger partial charge on any atom is 0.0146 e. The van der Waals surface area contributed by atoms with Gasteiger partial charge < -0.3 is 22.4 Å². The Labute approximate surface area is 236 Å². The summed E-state index contributed by atoms with van der Waals surface area (Å²) < 4.78 is 1.98. The first kappa shape index (κ1) is 30.5. The number of anilines is 2. The van der Waals surface area contributed by atoms with Crippen LogP contribution in [0.3, 0.4) is 0 Å². The van der Waals surface area contributed by atoms with E-state index in [0.717, 1.165) is 18.0 Å². The molecule has 3 aromatic carbocycles. The third kappa shape index (κ3) is 8.13. The maximum absolute atomic E-state index is 5.22. The van der Waals surface area contributed by atoms with Crippen LogP contribution in [0.4, 0.5) is 11.4 Å². The molecule has 0 radical (unpaired) electrons. The fourth-order valence-corrected chi connectivity index (χ4v) is 5.02. The van der Waals surface area contributed by atoms with Gasteiger partial charge in [-0.1, -0.05) is 64.7 Å². The molecule has 1 fully saturated rings. The van der Waals surface area contributed by atoms with Crippen molar-refractivity contribution >= 4 is 38.3 Å². The first-order valence-corrected chi connectivity index (χ1v) is 15.9. The van der Waals surface area contributed by atoms with Gasteiger partial charge in [0.25, 0.3) is 0 Å².